The van der Waals surface area contributed by atoms with Crippen LogP contribution in [0.5, 0.6) is 5.75 Å². The smallest absolute Gasteiger partial charge is 0.323 e. The molecule has 0 aliphatic carbocycles. The Labute approximate surface area is 105 Å². The van der Waals surface area contributed by atoms with E-state index in [1.54, 1.807) is 13.0 Å². The van der Waals surface area contributed by atoms with E-state index in [9.17, 15) is 9.18 Å². The van der Waals surface area contributed by atoms with Gasteiger partial charge in [0, 0.05) is 18.4 Å². The van der Waals surface area contributed by atoms with Crippen molar-refractivity contribution < 1.29 is 18.7 Å². The first kappa shape index (κ1) is 12.8. The number of halogens is 1. The van der Waals surface area contributed by atoms with Crippen molar-refractivity contribution in [3.63, 3.8) is 0 Å². The van der Waals surface area contributed by atoms with Gasteiger partial charge in [-0.3, -0.25) is 4.79 Å². The third-order valence-electron chi connectivity index (χ3n) is 2.87. The Morgan fingerprint density at radius 1 is 1.67 bits per heavy atom. The van der Waals surface area contributed by atoms with Crippen LogP contribution in [0, 0.1) is 5.82 Å². The summed E-state index contributed by atoms with van der Waals surface area (Å²) in [5.74, 6) is -0.0478. The largest absolute Gasteiger partial charge is 0.490 e. The van der Waals surface area contributed by atoms with Crippen LogP contribution >= 0.6 is 0 Å². The maximum Gasteiger partial charge on any atom is 0.323 e. The monoisotopic (exact) mass is 253 g/mol. The highest BCUT2D eigenvalue weighted by Crippen LogP contribution is 2.30. The maximum absolute atomic E-state index is 13.0. The fourth-order valence-electron chi connectivity index (χ4n) is 2.05. The van der Waals surface area contributed by atoms with Crippen molar-refractivity contribution >= 4 is 5.97 Å². The molecule has 0 spiro atoms. The molecule has 0 aromatic heterocycles. The first-order valence-electron chi connectivity index (χ1n) is 5.97. The number of benzene rings is 1. The molecule has 18 heavy (non-hydrogen) atoms. The zero-order valence-electron chi connectivity index (χ0n) is 10.2. The number of carbonyl (C=O) groups is 1. The number of rotatable bonds is 4. The minimum absolute atomic E-state index is 0.193. The summed E-state index contributed by atoms with van der Waals surface area (Å²) >= 11 is 0. The molecule has 5 heteroatoms. The van der Waals surface area contributed by atoms with Gasteiger partial charge in [-0.05, 0) is 25.1 Å². The molecule has 0 amide bonds. The zero-order valence-corrected chi connectivity index (χ0v) is 10.2. The summed E-state index contributed by atoms with van der Waals surface area (Å²) in [6.45, 7) is 2.04. The van der Waals surface area contributed by atoms with Gasteiger partial charge in [0.1, 0.15) is 23.7 Å². The third-order valence-corrected chi connectivity index (χ3v) is 2.87. The molecule has 1 aliphatic heterocycles. The van der Waals surface area contributed by atoms with Gasteiger partial charge in [-0.15, -0.1) is 0 Å². The van der Waals surface area contributed by atoms with Crippen LogP contribution in [-0.4, -0.2) is 24.7 Å². The van der Waals surface area contributed by atoms with E-state index in [4.69, 9.17) is 15.2 Å². The summed E-state index contributed by atoms with van der Waals surface area (Å²) in [4.78, 5) is 11.4. The summed E-state index contributed by atoms with van der Waals surface area (Å²) in [5, 5.41) is 0. The van der Waals surface area contributed by atoms with Gasteiger partial charge < -0.3 is 15.2 Å². The van der Waals surface area contributed by atoms with Gasteiger partial charge in [0.05, 0.1) is 6.61 Å². The lowest BCUT2D eigenvalue weighted by Crippen LogP contribution is -2.37. The van der Waals surface area contributed by atoms with Crippen molar-refractivity contribution in [3.05, 3.63) is 29.6 Å². The number of esters is 1. The Balaban J connectivity index is 1.93. The highest BCUT2D eigenvalue weighted by Gasteiger charge is 2.27. The lowest BCUT2D eigenvalue weighted by atomic mass is 10.0. The van der Waals surface area contributed by atoms with E-state index in [1.165, 1.54) is 12.1 Å². The Morgan fingerprint density at radius 2 is 2.44 bits per heavy atom. The topological polar surface area (TPSA) is 61.5 Å². The Bertz CT molecular complexity index is 450. The van der Waals surface area contributed by atoms with E-state index >= 15 is 0 Å². The number of fused-ring (bicyclic) bond motifs is 1. The van der Waals surface area contributed by atoms with Crippen LogP contribution in [0.1, 0.15) is 18.9 Å². The van der Waals surface area contributed by atoms with E-state index < -0.39 is 12.0 Å². The molecule has 0 saturated carbocycles. The second-order valence-corrected chi connectivity index (χ2v) is 4.29. The predicted molar refractivity (Wildman–Crippen MR) is 63.7 cm³/mol. The van der Waals surface area contributed by atoms with Crippen LogP contribution in [-0.2, 0) is 16.0 Å². The molecule has 98 valence electrons. The minimum Gasteiger partial charge on any atom is -0.490 e. The molecule has 2 unspecified atom stereocenters. The van der Waals surface area contributed by atoms with E-state index in [-0.39, 0.29) is 11.9 Å². The second-order valence-electron chi connectivity index (χ2n) is 4.29. The first-order chi connectivity index (χ1) is 8.60. The summed E-state index contributed by atoms with van der Waals surface area (Å²) < 4.78 is 23.5. The highest BCUT2D eigenvalue weighted by molar-refractivity contribution is 5.75. The van der Waals surface area contributed by atoms with Gasteiger partial charge in [0.25, 0.3) is 0 Å². The highest BCUT2D eigenvalue weighted by atomic mass is 19.1. The first-order valence-corrected chi connectivity index (χ1v) is 5.97. The van der Waals surface area contributed by atoms with Gasteiger partial charge in [-0.1, -0.05) is 0 Å². The number of ether oxygens (including phenoxy) is 2. The van der Waals surface area contributed by atoms with Crippen molar-refractivity contribution in [2.45, 2.75) is 31.9 Å². The fourth-order valence-corrected chi connectivity index (χ4v) is 2.05. The summed E-state index contributed by atoms with van der Waals surface area (Å²) in [7, 11) is 0. The molecule has 1 aliphatic rings. The van der Waals surface area contributed by atoms with E-state index in [1.807, 2.05) is 0 Å². The van der Waals surface area contributed by atoms with E-state index in [0.29, 0.717) is 25.2 Å². The SMILES string of the molecule is CCOC(=O)C(N)CC1Cc2cc(F)ccc2O1. The van der Waals surface area contributed by atoms with Crippen molar-refractivity contribution in [1.82, 2.24) is 0 Å². The fraction of sp³-hybridized carbons (Fsp3) is 0.462. The zero-order chi connectivity index (χ0) is 13.1. The Hall–Kier alpha value is -1.62. The lowest BCUT2D eigenvalue weighted by Gasteiger charge is -2.15. The number of carbonyl (C=O) groups excluding carboxylic acids is 1. The average molecular weight is 253 g/mol. The molecule has 0 radical (unpaired) electrons. The molecular weight excluding hydrogens is 237 g/mol. The van der Waals surface area contributed by atoms with E-state index in [0.717, 1.165) is 5.56 Å². The number of nitrogens with two attached hydrogens (primary N) is 1. The van der Waals surface area contributed by atoms with Crippen LogP contribution in [0.4, 0.5) is 4.39 Å². The van der Waals surface area contributed by atoms with Crippen molar-refractivity contribution in [2.24, 2.45) is 5.73 Å². The molecular formula is C13H16FNO3. The van der Waals surface area contributed by atoms with Crippen LogP contribution in [0.15, 0.2) is 18.2 Å². The number of hydrogen-bond donors (Lipinski definition) is 1. The third kappa shape index (κ3) is 2.79. The average Bonchev–Trinajstić information content (AvgIpc) is 2.70. The molecule has 0 fully saturated rings. The summed E-state index contributed by atoms with van der Waals surface area (Å²) in [6, 6.07) is 3.70. The second kappa shape index (κ2) is 5.35. The number of hydrogen-bond acceptors (Lipinski definition) is 4. The van der Waals surface area contributed by atoms with Crippen LogP contribution in [0.25, 0.3) is 0 Å². The molecule has 1 heterocycles. The molecule has 4 nitrogen and oxygen atoms in total. The van der Waals surface area contributed by atoms with Crippen LogP contribution in [0.2, 0.25) is 0 Å². The molecule has 2 rings (SSSR count). The van der Waals surface area contributed by atoms with Gasteiger partial charge in [-0.2, -0.15) is 0 Å². The van der Waals surface area contributed by atoms with Crippen LogP contribution < -0.4 is 10.5 Å². The molecule has 2 atom stereocenters. The minimum atomic E-state index is -0.700. The quantitative estimate of drug-likeness (QED) is 0.824. The van der Waals surface area contributed by atoms with Gasteiger partial charge in [0.15, 0.2) is 0 Å². The molecule has 1 aromatic rings. The molecule has 0 bridgehead atoms. The van der Waals surface area contributed by atoms with Gasteiger partial charge >= 0.3 is 5.97 Å². The lowest BCUT2D eigenvalue weighted by molar-refractivity contribution is -0.145. The van der Waals surface area contributed by atoms with Crippen molar-refractivity contribution in [1.29, 1.82) is 0 Å². The molecule has 1 aromatic carbocycles. The van der Waals surface area contributed by atoms with Gasteiger partial charge in [0.2, 0.25) is 0 Å². The Kier molecular flexibility index (Phi) is 3.81. The molecule has 2 N–H and O–H groups in total. The standard InChI is InChI=1S/C13H16FNO3/c1-2-17-13(16)11(15)7-10-6-8-5-9(14)3-4-12(8)18-10/h3-5,10-11H,2,6-7,15H2,1H3. The van der Waals surface area contributed by atoms with Crippen molar-refractivity contribution in [2.75, 3.05) is 6.61 Å². The normalized spacial score (nSPS) is 18.9. The Morgan fingerprint density at radius 3 is 3.17 bits per heavy atom. The van der Waals surface area contributed by atoms with Crippen LogP contribution in [0.3, 0.4) is 0 Å². The molecule has 0 saturated heterocycles. The summed E-state index contributed by atoms with van der Waals surface area (Å²) in [5.41, 5.74) is 6.54. The van der Waals surface area contributed by atoms with E-state index in [2.05, 4.69) is 0 Å². The predicted octanol–water partition coefficient (Wildman–Crippen LogP) is 1.41. The summed E-state index contributed by atoms with van der Waals surface area (Å²) in [6.07, 6.45) is 0.746. The maximum atomic E-state index is 13.0. The van der Waals surface area contributed by atoms with Crippen molar-refractivity contribution in [3.8, 4) is 5.75 Å². The van der Waals surface area contributed by atoms with Gasteiger partial charge in [-0.25, -0.2) is 4.39 Å².